The van der Waals surface area contributed by atoms with Gasteiger partial charge in [-0.3, -0.25) is 9.69 Å². The molecule has 0 unspecified atom stereocenters. The lowest BCUT2D eigenvalue weighted by molar-refractivity contribution is -0.113. The fourth-order valence-electron chi connectivity index (χ4n) is 2.72. The van der Waals surface area contributed by atoms with Gasteiger partial charge >= 0.3 is 0 Å². The van der Waals surface area contributed by atoms with Crippen molar-refractivity contribution >= 4 is 61.9 Å². The summed E-state index contributed by atoms with van der Waals surface area (Å²) in [6, 6.07) is 11.4. The standard InChI is InChI=1S/C22H18BrNO3S2/c1-4-10-27-20-17(23)11-15(12-18(20)26-5-2)13-19-21(25)24(22(28)29-19)16-8-6-14(3)7-9-16/h1,6-9,11-13H,5,10H2,2-3H3/b19-13+. The molecule has 2 aromatic rings. The van der Waals surface area contributed by atoms with Crippen LogP contribution in [0.1, 0.15) is 18.1 Å². The number of thioether (sulfide) groups is 1. The quantitative estimate of drug-likeness (QED) is 0.302. The largest absolute Gasteiger partial charge is 0.490 e. The van der Waals surface area contributed by atoms with Crippen LogP contribution in [0, 0.1) is 19.3 Å². The summed E-state index contributed by atoms with van der Waals surface area (Å²) in [6.07, 6.45) is 7.09. The topological polar surface area (TPSA) is 38.8 Å². The summed E-state index contributed by atoms with van der Waals surface area (Å²) in [5.74, 6) is 3.38. The van der Waals surface area contributed by atoms with Crippen molar-refractivity contribution < 1.29 is 14.3 Å². The predicted octanol–water partition coefficient (Wildman–Crippen LogP) is 5.57. The first-order chi connectivity index (χ1) is 13.9. The molecule has 0 bridgehead atoms. The maximum absolute atomic E-state index is 13.0. The van der Waals surface area contributed by atoms with E-state index in [-0.39, 0.29) is 12.5 Å². The van der Waals surface area contributed by atoms with E-state index < -0.39 is 0 Å². The molecule has 0 atom stereocenters. The number of halogens is 1. The molecule has 7 heteroatoms. The van der Waals surface area contributed by atoms with Gasteiger partial charge in [-0.1, -0.05) is 47.6 Å². The lowest BCUT2D eigenvalue weighted by atomic mass is 10.1. The van der Waals surface area contributed by atoms with Gasteiger partial charge in [-0.25, -0.2) is 0 Å². The fraction of sp³-hybridized carbons (Fsp3) is 0.182. The summed E-state index contributed by atoms with van der Waals surface area (Å²) in [4.78, 5) is 15.1. The van der Waals surface area contributed by atoms with Crippen molar-refractivity contribution in [3.8, 4) is 23.8 Å². The zero-order valence-corrected chi connectivity index (χ0v) is 19.1. The molecular formula is C22H18BrNO3S2. The van der Waals surface area contributed by atoms with Gasteiger partial charge in [0, 0.05) is 0 Å². The molecule has 0 aromatic heterocycles. The third-order valence-electron chi connectivity index (χ3n) is 4.02. The summed E-state index contributed by atoms with van der Waals surface area (Å²) >= 11 is 10.2. The number of aryl methyl sites for hydroxylation is 1. The van der Waals surface area contributed by atoms with E-state index in [4.69, 9.17) is 28.1 Å². The maximum Gasteiger partial charge on any atom is 0.270 e. The average molecular weight is 488 g/mol. The van der Waals surface area contributed by atoms with Gasteiger partial charge in [0.1, 0.15) is 6.61 Å². The summed E-state index contributed by atoms with van der Waals surface area (Å²) in [5, 5.41) is 0. The molecule has 4 nitrogen and oxygen atoms in total. The van der Waals surface area contributed by atoms with E-state index in [1.54, 1.807) is 11.0 Å². The van der Waals surface area contributed by atoms with Gasteiger partial charge in [0.25, 0.3) is 5.91 Å². The van der Waals surface area contributed by atoms with Crippen LogP contribution in [-0.2, 0) is 4.79 Å². The molecule has 0 aliphatic carbocycles. The van der Waals surface area contributed by atoms with Crippen LogP contribution in [0.15, 0.2) is 45.8 Å². The van der Waals surface area contributed by atoms with Crippen molar-refractivity contribution in [3.63, 3.8) is 0 Å². The molecule has 0 N–H and O–H groups in total. The van der Waals surface area contributed by atoms with Crippen molar-refractivity contribution in [1.82, 2.24) is 0 Å². The highest BCUT2D eigenvalue weighted by molar-refractivity contribution is 9.10. The van der Waals surface area contributed by atoms with E-state index in [2.05, 4.69) is 21.9 Å². The molecule has 1 fully saturated rings. The number of carbonyl (C=O) groups is 1. The summed E-state index contributed by atoms with van der Waals surface area (Å²) < 4.78 is 12.5. The van der Waals surface area contributed by atoms with Crippen molar-refractivity contribution in [2.75, 3.05) is 18.1 Å². The van der Waals surface area contributed by atoms with E-state index in [1.807, 2.05) is 50.2 Å². The second kappa shape index (κ2) is 9.49. The van der Waals surface area contributed by atoms with Crippen LogP contribution < -0.4 is 14.4 Å². The molecular weight excluding hydrogens is 470 g/mol. The van der Waals surface area contributed by atoms with Gasteiger partial charge in [0.05, 0.1) is 21.7 Å². The highest BCUT2D eigenvalue weighted by atomic mass is 79.9. The van der Waals surface area contributed by atoms with Crippen molar-refractivity contribution in [3.05, 3.63) is 56.9 Å². The zero-order valence-electron chi connectivity index (χ0n) is 15.9. The number of carbonyl (C=O) groups excluding carboxylic acids is 1. The average Bonchev–Trinajstić information content (AvgIpc) is 2.95. The SMILES string of the molecule is C#CCOc1c(Br)cc(/C=C2/SC(=S)N(c3ccc(C)cc3)C2=O)cc1OCC. The Hall–Kier alpha value is -2.27. The number of hydrogen-bond acceptors (Lipinski definition) is 5. The first-order valence-electron chi connectivity index (χ1n) is 8.81. The van der Waals surface area contributed by atoms with Crippen LogP contribution in [0.3, 0.4) is 0 Å². The van der Waals surface area contributed by atoms with E-state index in [0.29, 0.717) is 31.8 Å². The van der Waals surface area contributed by atoms with Crippen LogP contribution >= 0.6 is 39.9 Å². The Morgan fingerprint density at radius 3 is 2.66 bits per heavy atom. The van der Waals surface area contributed by atoms with Crippen molar-refractivity contribution in [1.29, 1.82) is 0 Å². The third kappa shape index (κ3) is 4.84. The minimum absolute atomic E-state index is 0.132. The smallest absolute Gasteiger partial charge is 0.270 e. The first-order valence-corrected chi connectivity index (χ1v) is 10.8. The second-order valence-corrected chi connectivity index (χ2v) is 8.64. The zero-order chi connectivity index (χ0) is 21.0. The summed E-state index contributed by atoms with van der Waals surface area (Å²) in [5.41, 5.74) is 2.67. The number of anilines is 1. The highest BCUT2D eigenvalue weighted by Crippen LogP contribution is 2.40. The number of thiocarbonyl (C=S) groups is 1. The Balaban J connectivity index is 1.93. The number of amides is 1. The maximum atomic E-state index is 13.0. The fourth-order valence-corrected chi connectivity index (χ4v) is 4.60. The summed E-state index contributed by atoms with van der Waals surface area (Å²) in [6.45, 7) is 4.49. The van der Waals surface area contributed by atoms with E-state index in [9.17, 15) is 4.79 Å². The molecule has 1 aliphatic heterocycles. The molecule has 1 aliphatic rings. The van der Waals surface area contributed by atoms with Gasteiger partial charge in [-0.05, 0) is 65.7 Å². The minimum atomic E-state index is -0.148. The molecule has 1 heterocycles. The molecule has 0 spiro atoms. The molecule has 29 heavy (non-hydrogen) atoms. The number of hydrogen-bond donors (Lipinski definition) is 0. The number of rotatable bonds is 6. The van der Waals surface area contributed by atoms with E-state index >= 15 is 0 Å². The molecule has 1 saturated heterocycles. The minimum Gasteiger partial charge on any atom is -0.490 e. The van der Waals surface area contributed by atoms with E-state index in [1.165, 1.54) is 11.8 Å². The third-order valence-corrected chi connectivity index (χ3v) is 5.91. The molecule has 2 aromatic carbocycles. The van der Waals surface area contributed by atoms with E-state index in [0.717, 1.165) is 16.8 Å². The molecule has 3 rings (SSSR count). The normalized spacial score (nSPS) is 15.0. The van der Waals surface area contributed by atoms with Crippen LogP contribution in [0.5, 0.6) is 11.5 Å². The van der Waals surface area contributed by atoms with Crippen molar-refractivity contribution in [2.45, 2.75) is 13.8 Å². The highest BCUT2D eigenvalue weighted by Gasteiger charge is 2.33. The number of benzene rings is 2. The lowest BCUT2D eigenvalue weighted by Crippen LogP contribution is -2.27. The number of ether oxygens (including phenoxy) is 2. The van der Waals surface area contributed by atoms with Crippen LogP contribution in [0.4, 0.5) is 5.69 Å². The van der Waals surface area contributed by atoms with Gasteiger partial charge in [-0.15, -0.1) is 6.42 Å². The Labute approximate surface area is 188 Å². The van der Waals surface area contributed by atoms with Crippen LogP contribution in [0.25, 0.3) is 6.08 Å². The lowest BCUT2D eigenvalue weighted by Gasteiger charge is -2.14. The summed E-state index contributed by atoms with van der Waals surface area (Å²) in [7, 11) is 0. The monoisotopic (exact) mass is 487 g/mol. The second-order valence-electron chi connectivity index (χ2n) is 6.11. The number of terminal acetylenes is 1. The van der Waals surface area contributed by atoms with Crippen LogP contribution in [0.2, 0.25) is 0 Å². The number of nitrogens with zero attached hydrogens (tertiary/aromatic N) is 1. The predicted molar refractivity (Wildman–Crippen MR) is 126 cm³/mol. The molecule has 148 valence electrons. The first kappa shape index (κ1) is 21.4. The van der Waals surface area contributed by atoms with Gasteiger partial charge in [0.2, 0.25) is 0 Å². The Morgan fingerprint density at radius 2 is 2.00 bits per heavy atom. The Kier molecular flexibility index (Phi) is 7.01. The molecule has 1 amide bonds. The van der Waals surface area contributed by atoms with Gasteiger partial charge in [-0.2, -0.15) is 0 Å². The molecule has 0 saturated carbocycles. The van der Waals surface area contributed by atoms with Crippen LogP contribution in [-0.4, -0.2) is 23.4 Å². The molecule has 0 radical (unpaired) electrons. The Morgan fingerprint density at radius 1 is 1.28 bits per heavy atom. The van der Waals surface area contributed by atoms with Gasteiger partial charge < -0.3 is 9.47 Å². The van der Waals surface area contributed by atoms with Crippen molar-refractivity contribution in [2.24, 2.45) is 0 Å². The van der Waals surface area contributed by atoms with Gasteiger partial charge in [0.15, 0.2) is 15.8 Å². The Bertz CT molecular complexity index is 1030.